The Morgan fingerprint density at radius 1 is 1.33 bits per heavy atom. The highest BCUT2D eigenvalue weighted by Crippen LogP contribution is 2.17. The summed E-state index contributed by atoms with van der Waals surface area (Å²) in [7, 11) is 0. The first-order valence-electron chi connectivity index (χ1n) is 3.36. The minimum Gasteiger partial charge on any atom is -0.215 e. The molecule has 5 heteroatoms. The molecule has 2 heterocycles. The topological polar surface area (TPSA) is 30.2 Å². The molecule has 62 valence electrons. The van der Waals surface area contributed by atoms with E-state index in [0.29, 0.717) is 5.65 Å². The molecule has 0 amide bonds. The number of halogens is 2. The molecular formula is C7H5F2N3. The summed E-state index contributed by atoms with van der Waals surface area (Å²) in [5.41, 5.74) is 0.304. The van der Waals surface area contributed by atoms with Gasteiger partial charge in [0.15, 0.2) is 5.65 Å². The number of nitrogens with zero attached hydrogens (tertiary/aromatic N) is 3. The zero-order valence-electron chi connectivity index (χ0n) is 5.98. The van der Waals surface area contributed by atoms with Crippen LogP contribution in [0.3, 0.4) is 0 Å². The maximum atomic E-state index is 12.3. The summed E-state index contributed by atoms with van der Waals surface area (Å²) < 4.78 is 25.7. The molecule has 0 bridgehead atoms. The van der Waals surface area contributed by atoms with Crippen molar-refractivity contribution < 1.29 is 8.78 Å². The van der Waals surface area contributed by atoms with E-state index in [1.165, 1.54) is 18.5 Å². The fourth-order valence-corrected chi connectivity index (χ4v) is 1.03. The van der Waals surface area contributed by atoms with Gasteiger partial charge in [-0.15, -0.1) is 0 Å². The summed E-state index contributed by atoms with van der Waals surface area (Å²) >= 11 is 0. The molecule has 0 saturated heterocycles. The van der Waals surface area contributed by atoms with Crippen LogP contribution in [0.25, 0.3) is 5.65 Å². The fraction of sp³-hybridized carbons (Fsp3) is 0.143. The second-order valence-electron chi connectivity index (χ2n) is 2.28. The number of hydrogen-bond donors (Lipinski definition) is 0. The lowest BCUT2D eigenvalue weighted by molar-refractivity contribution is 0.143. The Morgan fingerprint density at radius 2 is 2.17 bits per heavy atom. The average molecular weight is 169 g/mol. The molecule has 2 aromatic rings. The van der Waals surface area contributed by atoms with Gasteiger partial charge in [-0.05, 0) is 12.1 Å². The Labute approximate surface area is 66.7 Å². The Balaban J connectivity index is 2.73. The van der Waals surface area contributed by atoms with Crippen LogP contribution in [-0.4, -0.2) is 14.6 Å². The zero-order chi connectivity index (χ0) is 8.55. The van der Waals surface area contributed by atoms with Gasteiger partial charge in [-0.25, -0.2) is 18.3 Å². The van der Waals surface area contributed by atoms with Gasteiger partial charge in [0.25, 0.3) is 6.43 Å². The molecular weight excluding hydrogens is 164 g/mol. The number of alkyl halides is 2. The van der Waals surface area contributed by atoms with Gasteiger partial charge in [-0.2, -0.15) is 5.10 Å². The van der Waals surface area contributed by atoms with E-state index in [1.807, 2.05) is 0 Å². The third-order valence-electron chi connectivity index (χ3n) is 1.55. The van der Waals surface area contributed by atoms with Gasteiger partial charge in [-0.1, -0.05) is 6.07 Å². The molecule has 12 heavy (non-hydrogen) atoms. The van der Waals surface area contributed by atoms with Crippen molar-refractivity contribution in [3.8, 4) is 0 Å². The Hall–Kier alpha value is -1.52. The predicted octanol–water partition coefficient (Wildman–Crippen LogP) is 1.67. The minimum absolute atomic E-state index is 0.134. The highest BCUT2D eigenvalue weighted by molar-refractivity contribution is 5.37. The van der Waals surface area contributed by atoms with Crippen LogP contribution in [0.15, 0.2) is 24.5 Å². The molecule has 0 saturated carbocycles. The lowest BCUT2D eigenvalue weighted by atomic mass is 10.3. The first kappa shape index (κ1) is 7.15. The summed E-state index contributed by atoms with van der Waals surface area (Å²) in [6.45, 7) is 0. The lowest BCUT2D eigenvalue weighted by Gasteiger charge is -2.00. The Bertz CT molecular complexity index is 396. The van der Waals surface area contributed by atoms with E-state index in [9.17, 15) is 8.78 Å². The van der Waals surface area contributed by atoms with Gasteiger partial charge in [0.05, 0.1) is 0 Å². The van der Waals surface area contributed by atoms with Crippen molar-refractivity contribution >= 4 is 5.65 Å². The van der Waals surface area contributed by atoms with Crippen LogP contribution in [0.5, 0.6) is 0 Å². The van der Waals surface area contributed by atoms with Crippen LogP contribution in [0, 0.1) is 0 Å². The van der Waals surface area contributed by atoms with Crippen LogP contribution >= 0.6 is 0 Å². The molecule has 2 aromatic heterocycles. The standard InChI is InChI=1S/C7H5F2N3/c8-7(9)5-2-1-3-6-10-4-11-12(5)6/h1-4,7H. The van der Waals surface area contributed by atoms with Gasteiger partial charge in [0, 0.05) is 0 Å². The summed E-state index contributed by atoms with van der Waals surface area (Å²) in [5.74, 6) is 0. The number of rotatable bonds is 1. The SMILES string of the molecule is FC(F)c1cccc2ncnn12. The van der Waals surface area contributed by atoms with E-state index in [0.717, 1.165) is 4.52 Å². The van der Waals surface area contributed by atoms with Crippen molar-refractivity contribution in [1.82, 2.24) is 14.6 Å². The van der Waals surface area contributed by atoms with Gasteiger partial charge in [0.2, 0.25) is 0 Å². The van der Waals surface area contributed by atoms with E-state index < -0.39 is 6.43 Å². The molecule has 0 atom stereocenters. The quantitative estimate of drug-likeness (QED) is 0.649. The Morgan fingerprint density at radius 3 is 2.92 bits per heavy atom. The molecule has 0 radical (unpaired) electrons. The normalized spacial score (nSPS) is 11.2. The minimum atomic E-state index is -2.52. The van der Waals surface area contributed by atoms with Crippen LogP contribution in [0.4, 0.5) is 8.78 Å². The van der Waals surface area contributed by atoms with Crippen LogP contribution in [0.1, 0.15) is 12.1 Å². The van der Waals surface area contributed by atoms with E-state index in [1.54, 1.807) is 6.07 Å². The van der Waals surface area contributed by atoms with Crippen LogP contribution in [0.2, 0.25) is 0 Å². The lowest BCUT2D eigenvalue weighted by Crippen LogP contribution is -1.97. The first-order chi connectivity index (χ1) is 5.79. The molecule has 0 unspecified atom stereocenters. The molecule has 2 rings (SSSR count). The van der Waals surface area contributed by atoms with Crippen LogP contribution in [-0.2, 0) is 0 Å². The summed E-state index contributed by atoms with van der Waals surface area (Å²) in [6, 6.07) is 4.48. The third-order valence-corrected chi connectivity index (χ3v) is 1.55. The number of fused-ring (bicyclic) bond motifs is 1. The monoisotopic (exact) mass is 169 g/mol. The molecule has 0 aliphatic heterocycles. The van der Waals surface area contributed by atoms with Crippen LogP contribution < -0.4 is 0 Å². The van der Waals surface area contributed by atoms with Crippen molar-refractivity contribution in [2.45, 2.75) is 6.43 Å². The fourth-order valence-electron chi connectivity index (χ4n) is 1.03. The van der Waals surface area contributed by atoms with Crippen molar-refractivity contribution in [2.24, 2.45) is 0 Å². The highest BCUT2D eigenvalue weighted by atomic mass is 19.3. The van der Waals surface area contributed by atoms with Crippen molar-refractivity contribution in [1.29, 1.82) is 0 Å². The van der Waals surface area contributed by atoms with Gasteiger partial charge in [-0.3, -0.25) is 0 Å². The van der Waals surface area contributed by atoms with Crippen molar-refractivity contribution in [3.63, 3.8) is 0 Å². The van der Waals surface area contributed by atoms with Crippen molar-refractivity contribution in [2.75, 3.05) is 0 Å². The average Bonchev–Trinajstić information content (AvgIpc) is 2.49. The molecule has 0 spiro atoms. The second-order valence-corrected chi connectivity index (χ2v) is 2.28. The van der Waals surface area contributed by atoms with Gasteiger partial charge in [0.1, 0.15) is 12.0 Å². The van der Waals surface area contributed by atoms with E-state index in [-0.39, 0.29) is 5.69 Å². The molecule has 0 aromatic carbocycles. The molecule has 0 aliphatic rings. The number of hydrogen-bond acceptors (Lipinski definition) is 2. The van der Waals surface area contributed by atoms with Gasteiger partial charge >= 0.3 is 0 Å². The molecule has 3 nitrogen and oxygen atoms in total. The van der Waals surface area contributed by atoms with E-state index >= 15 is 0 Å². The van der Waals surface area contributed by atoms with Gasteiger partial charge < -0.3 is 0 Å². The second kappa shape index (κ2) is 2.51. The molecule has 0 fully saturated rings. The summed E-state index contributed by atoms with van der Waals surface area (Å²) in [6.07, 6.45) is -1.27. The third kappa shape index (κ3) is 0.939. The number of pyridine rings is 1. The molecule has 0 N–H and O–H groups in total. The van der Waals surface area contributed by atoms with E-state index in [4.69, 9.17) is 0 Å². The Kier molecular flexibility index (Phi) is 1.49. The largest absolute Gasteiger partial charge is 0.280 e. The smallest absolute Gasteiger partial charge is 0.215 e. The zero-order valence-corrected chi connectivity index (χ0v) is 5.98. The van der Waals surface area contributed by atoms with E-state index in [2.05, 4.69) is 10.1 Å². The predicted molar refractivity (Wildman–Crippen MR) is 37.9 cm³/mol. The maximum absolute atomic E-state index is 12.3. The summed E-state index contributed by atoms with van der Waals surface area (Å²) in [4.78, 5) is 3.78. The first-order valence-corrected chi connectivity index (χ1v) is 3.36. The van der Waals surface area contributed by atoms with Crippen molar-refractivity contribution in [3.05, 3.63) is 30.2 Å². The summed E-state index contributed by atoms with van der Waals surface area (Å²) in [5, 5.41) is 3.67. The molecule has 0 aliphatic carbocycles. The maximum Gasteiger partial charge on any atom is 0.280 e. The number of aromatic nitrogens is 3. The highest BCUT2D eigenvalue weighted by Gasteiger charge is 2.11.